The molecule has 186 valence electrons. The highest BCUT2D eigenvalue weighted by molar-refractivity contribution is 7.15. The topological polar surface area (TPSA) is 110 Å². The number of aryl methyl sites for hydroxylation is 2. The minimum atomic E-state index is 0.0657. The van der Waals surface area contributed by atoms with E-state index in [1.807, 2.05) is 0 Å². The number of hydrogen-bond donors (Lipinski definition) is 2. The van der Waals surface area contributed by atoms with Crippen LogP contribution >= 0.6 is 22.7 Å². The van der Waals surface area contributed by atoms with Crippen molar-refractivity contribution in [3.8, 4) is 0 Å². The van der Waals surface area contributed by atoms with Crippen LogP contribution in [0.25, 0.3) is 0 Å². The molecule has 0 bridgehead atoms. The molecule has 3 heterocycles. The molecule has 2 N–H and O–H groups in total. The second-order valence-corrected chi connectivity index (χ2v) is 11.9. The maximum atomic E-state index is 12.4. The summed E-state index contributed by atoms with van der Waals surface area (Å²) in [6.45, 7) is 2.04. The Morgan fingerprint density at radius 1 is 0.794 bits per heavy atom. The molecule has 1 amide bonds. The van der Waals surface area contributed by atoms with Crippen molar-refractivity contribution in [1.29, 1.82) is 0 Å². The van der Waals surface area contributed by atoms with Gasteiger partial charge in [-0.15, -0.1) is 31.7 Å². The third-order valence-corrected chi connectivity index (χ3v) is 8.66. The number of amides is 1. The molecule has 2 aromatic rings. The highest BCUT2D eigenvalue weighted by atomic mass is 32.1. The molecule has 10 heteroatoms. The van der Waals surface area contributed by atoms with Crippen LogP contribution in [0.3, 0.4) is 0 Å². The van der Waals surface area contributed by atoms with Crippen LogP contribution in [0.15, 0.2) is 0 Å². The standard InChI is InChI=1S/C24H36N6O2S2/c31-19(14-18-10-12-25-13-11-18)16-23-29-27-21(33-23)8-4-5-9-22-28-30-24(34-22)26-20(32)15-17-6-2-1-3-7-17/h17-18,25H,1-16H2,(H,26,30,32). The van der Waals surface area contributed by atoms with Crippen molar-refractivity contribution in [3.05, 3.63) is 15.0 Å². The second-order valence-electron chi connectivity index (χ2n) is 9.67. The van der Waals surface area contributed by atoms with E-state index in [-0.39, 0.29) is 11.7 Å². The first-order chi connectivity index (χ1) is 16.6. The number of nitrogens with zero attached hydrogens (tertiary/aromatic N) is 4. The molecule has 0 radical (unpaired) electrons. The number of hydrogen-bond acceptors (Lipinski definition) is 9. The molecule has 2 fully saturated rings. The van der Waals surface area contributed by atoms with Crippen LogP contribution in [-0.4, -0.2) is 45.2 Å². The van der Waals surface area contributed by atoms with Gasteiger partial charge in [0.25, 0.3) is 0 Å². The molecular weight excluding hydrogens is 468 g/mol. The van der Waals surface area contributed by atoms with Crippen molar-refractivity contribution in [2.24, 2.45) is 11.8 Å². The Morgan fingerprint density at radius 3 is 2.21 bits per heavy atom. The number of aromatic nitrogens is 4. The third-order valence-electron chi connectivity index (χ3n) is 6.78. The molecule has 2 aliphatic rings. The summed E-state index contributed by atoms with van der Waals surface area (Å²) in [7, 11) is 0. The Morgan fingerprint density at radius 2 is 1.44 bits per heavy atom. The number of nitrogens with one attached hydrogen (secondary N) is 2. The van der Waals surface area contributed by atoms with Crippen LogP contribution in [0.5, 0.6) is 0 Å². The van der Waals surface area contributed by atoms with Crippen LogP contribution in [0.1, 0.15) is 85.7 Å². The summed E-state index contributed by atoms with van der Waals surface area (Å²) in [6, 6.07) is 0. The smallest absolute Gasteiger partial charge is 0.226 e. The van der Waals surface area contributed by atoms with Crippen molar-refractivity contribution in [2.75, 3.05) is 18.4 Å². The van der Waals surface area contributed by atoms with Gasteiger partial charge in [0.05, 0.1) is 6.42 Å². The maximum Gasteiger partial charge on any atom is 0.226 e. The summed E-state index contributed by atoms with van der Waals surface area (Å²) in [4.78, 5) is 24.6. The molecule has 4 rings (SSSR count). The molecule has 1 saturated heterocycles. The first-order valence-electron chi connectivity index (χ1n) is 12.8. The number of rotatable bonds is 12. The summed E-state index contributed by atoms with van der Waals surface area (Å²) in [5, 5.41) is 26.6. The van der Waals surface area contributed by atoms with E-state index in [1.54, 1.807) is 11.3 Å². The zero-order chi connectivity index (χ0) is 23.6. The predicted octanol–water partition coefficient (Wildman–Crippen LogP) is 4.37. The highest BCUT2D eigenvalue weighted by Gasteiger charge is 2.19. The molecular formula is C24H36N6O2S2. The Hall–Kier alpha value is -1.78. The van der Waals surface area contributed by atoms with Crippen molar-refractivity contribution < 1.29 is 9.59 Å². The van der Waals surface area contributed by atoms with Gasteiger partial charge in [-0.25, -0.2) is 0 Å². The second kappa shape index (κ2) is 13.3. The summed E-state index contributed by atoms with van der Waals surface area (Å²) in [6.07, 6.45) is 13.7. The molecule has 1 saturated carbocycles. The zero-order valence-electron chi connectivity index (χ0n) is 19.9. The van der Waals surface area contributed by atoms with E-state index in [1.165, 1.54) is 43.4 Å². The normalized spacial score (nSPS) is 17.6. The lowest BCUT2D eigenvalue weighted by Crippen LogP contribution is -2.29. The fraction of sp³-hybridized carbons (Fsp3) is 0.750. The summed E-state index contributed by atoms with van der Waals surface area (Å²) < 4.78 is 0. The van der Waals surface area contributed by atoms with E-state index in [4.69, 9.17) is 0 Å². The van der Waals surface area contributed by atoms with Gasteiger partial charge in [-0.05, 0) is 63.5 Å². The summed E-state index contributed by atoms with van der Waals surface area (Å²) >= 11 is 3.04. The molecule has 0 spiro atoms. The number of Topliss-reactive ketones (excluding diaryl/α,β-unsaturated/α-hetero) is 1. The quantitative estimate of drug-likeness (QED) is 0.413. The number of unbranched alkanes of at least 4 members (excludes halogenated alkanes) is 1. The molecule has 8 nitrogen and oxygen atoms in total. The molecule has 0 unspecified atom stereocenters. The molecule has 1 aliphatic carbocycles. The van der Waals surface area contributed by atoms with E-state index in [0.29, 0.717) is 36.2 Å². The zero-order valence-corrected chi connectivity index (χ0v) is 21.5. The van der Waals surface area contributed by atoms with Crippen LogP contribution in [0, 0.1) is 11.8 Å². The lowest BCUT2D eigenvalue weighted by atomic mass is 9.87. The van der Waals surface area contributed by atoms with E-state index >= 15 is 0 Å². The third kappa shape index (κ3) is 8.46. The number of carbonyl (C=O) groups excluding carboxylic acids is 2. The Labute approximate surface area is 209 Å². The van der Waals surface area contributed by atoms with Crippen molar-refractivity contribution in [1.82, 2.24) is 25.7 Å². The minimum absolute atomic E-state index is 0.0657. The monoisotopic (exact) mass is 504 g/mol. The Balaban J connectivity index is 1.11. The summed E-state index contributed by atoms with van der Waals surface area (Å²) in [5.41, 5.74) is 0. The van der Waals surface area contributed by atoms with E-state index < -0.39 is 0 Å². The Bertz CT molecular complexity index is 844. The van der Waals surface area contributed by atoms with Gasteiger partial charge < -0.3 is 10.6 Å². The van der Waals surface area contributed by atoms with E-state index in [9.17, 15) is 9.59 Å². The Kier molecular flexibility index (Phi) is 9.94. The van der Waals surface area contributed by atoms with Gasteiger partial charge in [-0.3, -0.25) is 9.59 Å². The van der Waals surface area contributed by atoms with Gasteiger partial charge >= 0.3 is 0 Å². The molecule has 1 aliphatic heterocycles. The fourth-order valence-electron chi connectivity index (χ4n) is 4.89. The van der Waals surface area contributed by atoms with Crippen LogP contribution in [-0.2, 0) is 28.9 Å². The molecule has 0 atom stereocenters. The first kappa shape index (κ1) is 25.3. The number of anilines is 1. The van der Waals surface area contributed by atoms with Crippen molar-refractivity contribution in [2.45, 2.75) is 89.9 Å². The first-order valence-corrected chi connectivity index (χ1v) is 14.4. The molecule has 34 heavy (non-hydrogen) atoms. The largest absolute Gasteiger partial charge is 0.317 e. The fourth-order valence-corrected chi connectivity index (χ4v) is 6.60. The van der Waals surface area contributed by atoms with Gasteiger partial charge in [-0.1, -0.05) is 30.6 Å². The van der Waals surface area contributed by atoms with E-state index in [2.05, 4.69) is 31.0 Å². The van der Waals surface area contributed by atoms with Crippen LogP contribution in [0.4, 0.5) is 5.13 Å². The number of carbonyl (C=O) groups is 2. The average molecular weight is 505 g/mol. The molecule has 0 aromatic carbocycles. The molecule has 2 aromatic heterocycles. The van der Waals surface area contributed by atoms with E-state index in [0.717, 1.165) is 66.6 Å². The minimum Gasteiger partial charge on any atom is -0.317 e. The highest BCUT2D eigenvalue weighted by Crippen LogP contribution is 2.27. The predicted molar refractivity (Wildman–Crippen MR) is 135 cm³/mol. The van der Waals surface area contributed by atoms with Gasteiger partial charge in [0.1, 0.15) is 20.8 Å². The van der Waals surface area contributed by atoms with Gasteiger partial charge in [0.15, 0.2) is 0 Å². The van der Waals surface area contributed by atoms with Crippen LogP contribution < -0.4 is 10.6 Å². The number of piperidine rings is 1. The van der Waals surface area contributed by atoms with Crippen molar-refractivity contribution >= 4 is 39.5 Å². The number of ketones is 1. The summed E-state index contributed by atoms with van der Waals surface area (Å²) in [5.74, 6) is 1.39. The average Bonchev–Trinajstić information content (AvgIpc) is 3.47. The lowest BCUT2D eigenvalue weighted by molar-refractivity contribution is -0.119. The van der Waals surface area contributed by atoms with Gasteiger partial charge in [0, 0.05) is 25.7 Å². The van der Waals surface area contributed by atoms with Crippen molar-refractivity contribution in [3.63, 3.8) is 0 Å². The SMILES string of the molecule is O=C(Cc1nnc(CCCCc2nnc(NC(=O)CC3CCCCC3)s2)s1)CC1CCNCC1. The van der Waals surface area contributed by atoms with Gasteiger partial charge in [0.2, 0.25) is 11.0 Å². The lowest BCUT2D eigenvalue weighted by Gasteiger charge is -2.21. The maximum absolute atomic E-state index is 12.4. The van der Waals surface area contributed by atoms with Crippen LogP contribution in [0.2, 0.25) is 0 Å². The van der Waals surface area contributed by atoms with Gasteiger partial charge in [-0.2, -0.15) is 0 Å².